The van der Waals surface area contributed by atoms with Gasteiger partial charge in [-0.25, -0.2) is 0 Å². The Kier molecular flexibility index (Phi) is 12.3. The van der Waals surface area contributed by atoms with Crippen LogP contribution in [0.2, 0.25) is 0 Å². The lowest BCUT2D eigenvalue weighted by Crippen LogP contribution is -2.65. The van der Waals surface area contributed by atoms with Crippen molar-refractivity contribution in [2.45, 2.75) is 218 Å². The van der Waals surface area contributed by atoms with Gasteiger partial charge in [0.2, 0.25) is 0 Å². The van der Waals surface area contributed by atoms with Gasteiger partial charge in [0.1, 0.15) is 24.4 Å². The Balaban J connectivity index is 1.14. The van der Waals surface area contributed by atoms with Crippen LogP contribution in [0.5, 0.6) is 0 Å². The molecule has 17 nitrogen and oxygen atoms in total. The highest BCUT2D eigenvalue weighted by Crippen LogP contribution is 2.89. The summed E-state index contributed by atoms with van der Waals surface area (Å²) in [5, 5.41) is 66.5. The molecule has 3 heterocycles. The molecule has 0 bridgehead atoms. The van der Waals surface area contributed by atoms with E-state index in [0.717, 1.165) is 25.7 Å². The highest BCUT2D eigenvalue weighted by Gasteiger charge is 2.85. The fourth-order valence-electron chi connectivity index (χ4n) is 15.8. The summed E-state index contributed by atoms with van der Waals surface area (Å²) in [4.78, 5) is 37.0. The highest BCUT2D eigenvalue weighted by molar-refractivity contribution is 5.68. The Morgan fingerprint density at radius 3 is 1.98 bits per heavy atom. The Morgan fingerprint density at radius 1 is 0.719 bits per heavy atom. The molecule has 8 aliphatic rings. The van der Waals surface area contributed by atoms with E-state index in [0.29, 0.717) is 32.1 Å². The number of fused-ring (bicyclic) bond motifs is 2. The molecule has 0 aromatic rings. The quantitative estimate of drug-likeness (QED) is 0.105. The number of rotatable bonds is 10. The van der Waals surface area contributed by atoms with Gasteiger partial charge in [0, 0.05) is 26.7 Å². The average molecular weight is 911 g/mol. The number of hydrogen-bond acceptors (Lipinski definition) is 17. The lowest BCUT2D eigenvalue weighted by molar-refractivity contribution is -0.339. The first-order chi connectivity index (χ1) is 29.7. The second-order valence-corrected chi connectivity index (χ2v) is 22.8. The number of hydrogen-bond donors (Lipinski definition) is 6. The molecular formula is C47H74O17. The van der Waals surface area contributed by atoms with E-state index in [2.05, 4.69) is 34.6 Å². The van der Waals surface area contributed by atoms with Crippen LogP contribution in [-0.2, 0) is 52.3 Å². The minimum atomic E-state index is -1.65. The predicted molar refractivity (Wildman–Crippen MR) is 222 cm³/mol. The van der Waals surface area contributed by atoms with Crippen LogP contribution in [0.4, 0.5) is 0 Å². The van der Waals surface area contributed by atoms with Crippen molar-refractivity contribution in [1.82, 2.24) is 0 Å². The van der Waals surface area contributed by atoms with Crippen molar-refractivity contribution >= 4 is 17.9 Å². The second kappa shape index (κ2) is 16.3. The molecule has 364 valence electrons. The number of aliphatic hydroxyl groups is 6. The zero-order valence-corrected chi connectivity index (χ0v) is 39.2. The molecular weight excluding hydrogens is 837 g/mol. The number of ether oxygens (including phenoxy) is 8. The van der Waals surface area contributed by atoms with Crippen molar-refractivity contribution in [3.05, 3.63) is 0 Å². The zero-order valence-electron chi connectivity index (χ0n) is 39.2. The number of carbonyl (C=O) groups excluding carboxylic acids is 3. The van der Waals surface area contributed by atoms with Gasteiger partial charge in [-0.05, 0) is 117 Å². The van der Waals surface area contributed by atoms with E-state index < -0.39 is 120 Å². The molecule has 6 N–H and O–H groups in total. The van der Waals surface area contributed by atoms with Crippen LogP contribution < -0.4 is 0 Å². The van der Waals surface area contributed by atoms with E-state index in [1.807, 2.05) is 0 Å². The first-order valence-corrected chi connectivity index (χ1v) is 23.5. The zero-order chi connectivity index (χ0) is 46.9. The topological polar surface area (TPSA) is 246 Å². The smallest absolute Gasteiger partial charge is 0.303 e. The third kappa shape index (κ3) is 7.39. The van der Waals surface area contributed by atoms with Gasteiger partial charge in [-0.3, -0.25) is 14.4 Å². The highest BCUT2D eigenvalue weighted by atomic mass is 16.7. The van der Waals surface area contributed by atoms with Crippen LogP contribution in [0.15, 0.2) is 0 Å². The Hall–Kier alpha value is -2.03. The SMILES string of the molecule is CC(=O)OC1COC(OC2CCC34CC35CCC3(C)C(C6(C)CCC(C(C)(C)O)O6)C(O)CC3(C)C5CC(OC3OC(CO)C(O)C(O)C3O)C4C2(C)C)C(OC(C)=O)C1OC(C)=O. The molecule has 3 aliphatic heterocycles. The van der Waals surface area contributed by atoms with Gasteiger partial charge in [0.25, 0.3) is 0 Å². The molecule has 2 spiro atoms. The summed E-state index contributed by atoms with van der Waals surface area (Å²) in [6.45, 7) is 17.3. The minimum absolute atomic E-state index is 0.0469. The van der Waals surface area contributed by atoms with Crippen LogP contribution >= 0.6 is 0 Å². The first-order valence-electron chi connectivity index (χ1n) is 23.5. The average Bonchev–Trinajstić information content (AvgIpc) is 3.55. The maximum Gasteiger partial charge on any atom is 0.303 e. The lowest BCUT2D eigenvalue weighted by atomic mass is 9.41. The van der Waals surface area contributed by atoms with E-state index in [4.69, 9.17) is 37.9 Å². The fraction of sp³-hybridized carbons (Fsp3) is 0.936. The van der Waals surface area contributed by atoms with Crippen molar-refractivity contribution in [3.63, 3.8) is 0 Å². The van der Waals surface area contributed by atoms with Crippen LogP contribution in [0, 0.1) is 44.8 Å². The van der Waals surface area contributed by atoms with E-state index in [-0.39, 0.29) is 46.7 Å². The molecule has 0 radical (unpaired) electrons. The molecule has 17 heteroatoms. The standard InChI is InChI=1S/C47H74O17/c1-22(49)58-28-20-57-40(36(60-24(3)51)35(28)59-23(2)50)63-30-12-14-47-21-46(47)16-15-43(8)37(45(10)13-11-31(64-45)42(6,7)56)25(52)18-44(43,9)29(46)17-26(38(47)41(30,4)5)61-39-34(55)33(54)32(53)27(19-48)62-39/h25-40,48,52-56H,11-21H2,1-10H3. The molecule has 5 aliphatic carbocycles. The van der Waals surface area contributed by atoms with Gasteiger partial charge in [-0.2, -0.15) is 0 Å². The summed E-state index contributed by atoms with van der Waals surface area (Å²) in [5.41, 5.74) is -3.59. The van der Waals surface area contributed by atoms with Crippen LogP contribution in [-0.4, -0.2) is 153 Å². The van der Waals surface area contributed by atoms with E-state index in [9.17, 15) is 45.0 Å². The normalized spacial score (nSPS) is 51.8. The molecule has 3 saturated heterocycles. The van der Waals surface area contributed by atoms with Crippen molar-refractivity contribution < 1.29 is 82.9 Å². The molecule has 8 fully saturated rings. The Bertz CT molecular complexity index is 1800. The maximum absolute atomic E-state index is 12.6. The largest absolute Gasteiger partial charge is 0.456 e. The predicted octanol–water partition coefficient (Wildman–Crippen LogP) is 2.44. The van der Waals surface area contributed by atoms with Gasteiger partial charge in [0.15, 0.2) is 30.9 Å². The third-order valence-corrected chi connectivity index (χ3v) is 18.5. The van der Waals surface area contributed by atoms with Crippen LogP contribution in [0.3, 0.4) is 0 Å². The summed E-state index contributed by atoms with van der Waals surface area (Å²) in [7, 11) is 0. The van der Waals surface area contributed by atoms with Gasteiger partial charge < -0.3 is 68.5 Å². The van der Waals surface area contributed by atoms with E-state index >= 15 is 0 Å². The Labute approximate surface area is 376 Å². The molecule has 0 aromatic carbocycles. The summed E-state index contributed by atoms with van der Waals surface area (Å²) >= 11 is 0. The first kappa shape index (κ1) is 48.4. The second-order valence-electron chi connectivity index (χ2n) is 22.8. The summed E-state index contributed by atoms with van der Waals surface area (Å²) in [6, 6.07) is 0. The summed E-state index contributed by atoms with van der Waals surface area (Å²) in [5.74, 6) is -2.39. The summed E-state index contributed by atoms with van der Waals surface area (Å²) in [6.07, 6.45) is -7.96. The molecule has 0 aromatic heterocycles. The number of aliphatic hydroxyl groups excluding tert-OH is 5. The van der Waals surface area contributed by atoms with Gasteiger partial charge in [-0.15, -0.1) is 0 Å². The van der Waals surface area contributed by atoms with Crippen molar-refractivity contribution in [2.75, 3.05) is 13.2 Å². The van der Waals surface area contributed by atoms with E-state index in [1.165, 1.54) is 20.8 Å². The lowest BCUT2D eigenvalue weighted by Gasteiger charge is -2.65. The molecule has 5 saturated carbocycles. The molecule has 21 atom stereocenters. The van der Waals surface area contributed by atoms with Gasteiger partial charge in [-0.1, -0.05) is 27.7 Å². The third-order valence-electron chi connectivity index (χ3n) is 18.5. The molecule has 21 unspecified atom stereocenters. The minimum Gasteiger partial charge on any atom is -0.456 e. The fourth-order valence-corrected chi connectivity index (χ4v) is 15.8. The number of carbonyl (C=O) groups is 3. The van der Waals surface area contributed by atoms with Crippen LogP contribution in [0.25, 0.3) is 0 Å². The van der Waals surface area contributed by atoms with Crippen molar-refractivity contribution in [1.29, 1.82) is 0 Å². The molecule has 0 amide bonds. The Morgan fingerprint density at radius 2 is 1.38 bits per heavy atom. The summed E-state index contributed by atoms with van der Waals surface area (Å²) < 4.78 is 49.7. The van der Waals surface area contributed by atoms with Crippen molar-refractivity contribution in [2.24, 2.45) is 44.8 Å². The molecule has 8 rings (SSSR count). The van der Waals surface area contributed by atoms with Crippen LogP contribution in [0.1, 0.15) is 127 Å². The molecule has 64 heavy (non-hydrogen) atoms. The maximum atomic E-state index is 12.6. The number of esters is 3. The van der Waals surface area contributed by atoms with Crippen molar-refractivity contribution in [3.8, 4) is 0 Å². The van der Waals surface area contributed by atoms with Gasteiger partial charge >= 0.3 is 17.9 Å². The van der Waals surface area contributed by atoms with Gasteiger partial charge in [0.05, 0.1) is 48.8 Å². The monoisotopic (exact) mass is 910 g/mol. The van der Waals surface area contributed by atoms with E-state index in [1.54, 1.807) is 13.8 Å².